The van der Waals surface area contributed by atoms with Crippen molar-refractivity contribution in [3.8, 4) is 6.07 Å². The van der Waals surface area contributed by atoms with E-state index < -0.39 is 0 Å². The van der Waals surface area contributed by atoms with Gasteiger partial charge >= 0.3 is 0 Å². The summed E-state index contributed by atoms with van der Waals surface area (Å²) in [5.41, 5.74) is 4.36. The Hall–Kier alpha value is -2.11. The first kappa shape index (κ1) is 18.9. The van der Waals surface area contributed by atoms with Crippen molar-refractivity contribution in [3.63, 3.8) is 0 Å². The van der Waals surface area contributed by atoms with Crippen LogP contribution in [0.3, 0.4) is 0 Å². The van der Waals surface area contributed by atoms with Gasteiger partial charge in [0.2, 0.25) is 0 Å². The average Bonchev–Trinajstić information content (AvgIpc) is 2.87. The van der Waals surface area contributed by atoms with Crippen molar-refractivity contribution in [2.45, 2.75) is 33.9 Å². The molecule has 0 aromatic heterocycles. The maximum Gasteiger partial charge on any atom is 0.0985 e. The van der Waals surface area contributed by atoms with E-state index in [2.05, 4.69) is 49.4 Å². The predicted octanol–water partition coefficient (Wildman–Crippen LogP) is 4.86. The van der Waals surface area contributed by atoms with Gasteiger partial charge in [-0.15, -0.1) is 0 Å². The van der Waals surface area contributed by atoms with E-state index >= 15 is 0 Å². The summed E-state index contributed by atoms with van der Waals surface area (Å²) in [7, 11) is 2.15. The van der Waals surface area contributed by atoms with Crippen molar-refractivity contribution in [3.05, 3.63) is 71.8 Å². The zero-order valence-corrected chi connectivity index (χ0v) is 13.7. The molecule has 0 fully saturated rings. The highest BCUT2D eigenvalue weighted by atomic mass is 15.1. The fourth-order valence-corrected chi connectivity index (χ4v) is 1.78. The number of hydrogen-bond donors (Lipinski definition) is 0. The monoisotopic (exact) mass is 282 g/mol. The Morgan fingerprint density at radius 2 is 1.62 bits per heavy atom. The molecule has 0 aliphatic carbocycles. The number of benzene rings is 1. The molecule has 1 aliphatic heterocycles. The third kappa shape index (κ3) is 7.91. The lowest BCUT2D eigenvalue weighted by atomic mass is 10.1. The summed E-state index contributed by atoms with van der Waals surface area (Å²) in [6, 6.07) is 10.5. The molecule has 0 unspecified atom stereocenters. The number of nitriles is 1. The summed E-state index contributed by atoms with van der Waals surface area (Å²) < 4.78 is 0. The number of allylic oxidation sites excluding steroid dienone is 4. The van der Waals surface area contributed by atoms with Gasteiger partial charge < -0.3 is 0 Å². The first-order valence-electron chi connectivity index (χ1n) is 7.21. The Bertz CT molecular complexity index is 508. The fourth-order valence-electron chi connectivity index (χ4n) is 1.78. The number of nitrogens with zero attached hydrogens (tertiary/aromatic N) is 2. The minimum absolute atomic E-state index is 0.456. The Kier molecular flexibility index (Phi) is 9.58. The van der Waals surface area contributed by atoms with Crippen LogP contribution in [-0.4, -0.2) is 11.9 Å². The Labute approximate surface area is 129 Å². The van der Waals surface area contributed by atoms with Gasteiger partial charge in [0.1, 0.15) is 0 Å². The summed E-state index contributed by atoms with van der Waals surface area (Å²) >= 11 is 0. The van der Waals surface area contributed by atoms with Gasteiger partial charge in [-0.3, -0.25) is 4.90 Å². The van der Waals surface area contributed by atoms with Crippen LogP contribution in [0.1, 0.15) is 31.9 Å². The van der Waals surface area contributed by atoms with Gasteiger partial charge in [-0.25, -0.2) is 0 Å². The zero-order valence-electron chi connectivity index (χ0n) is 13.7. The highest BCUT2D eigenvalue weighted by molar-refractivity contribution is 5.32. The van der Waals surface area contributed by atoms with Crippen LogP contribution >= 0.6 is 0 Å². The molecule has 2 rings (SSSR count). The molecule has 0 bridgehead atoms. The lowest BCUT2D eigenvalue weighted by molar-refractivity contribution is 0.353. The van der Waals surface area contributed by atoms with Crippen molar-refractivity contribution in [2.24, 2.45) is 0 Å². The molecule has 1 heterocycles. The standard InChI is InChI=1S/C9H11N.C8H9N.C2H6/c1-10-6-8-4-2-3-5-9(8)7-10;1-7(2)4-5-8(3)6-9;1-2/h2-5H,6-7H2,1H3;4-5H,1,3H2,2H3;1-2H3/b;5-4-;. The van der Waals surface area contributed by atoms with Crippen molar-refractivity contribution >= 4 is 0 Å². The molecule has 1 aromatic carbocycles. The molecule has 2 nitrogen and oxygen atoms in total. The van der Waals surface area contributed by atoms with Gasteiger partial charge in [0.05, 0.1) is 6.07 Å². The Morgan fingerprint density at radius 3 is 2.00 bits per heavy atom. The summed E-state index contributed by atoms with van der Waals surface area (Å²) in [6.45, 7) is 15.2. The zero-order chi connectivity index (χ0) is 16.3. The molecule has 0 saturated carbocycles. The van der Waals surface area contributed by atoms with E-state index in [4.69, 9.17) is 5.26 Å². The smallest absolute Gasteiger partial charge is 0.0985 e. The van der Waals surface area contributed by atoms with Crippen molar-refractivity contribution in [2.75, 3.05) is 7.05 Å². The first-order valence-corrected chi connectivity index (χ1v) is 7.21. The SMILES string of the molecule is C=C(C)/C=C\C(=C)C#N.CC.CN1Cc2ccccc2C1. The molecule has 1 aliphatic rings. The molecular weight excluding hydrogens is 256 g/mol. The second-order valence-corrected chi connectivity index (χ2v) is 4.76. The highest BCUT2D eigenvalue weighted by Gasteiger charge is 2.12. The van der Waals surface area contributed by atoms with Crippen LogP contribution in [0.5, 0.6) is 0 Å². The molecule has 0 saturated heterocycles. The molecule has 2 heteroatoms. The summed E-state index contributed by atoms with van der Waals surface area (Å²) in [4.78, 5) is 2.32. The quantitative estimate of drug-likeness (QED) is 0.572. The highest BCUT2D eigenvalue weighted by Crippen LogP contribution is 2.19. The van der Waals surface area contributed by atoms with Gasteiger partial charge in [0.15, 0.2) is 0 Å². The molecule has 0 atom stereocenters. The fraction of sp³-hybridized carbons (Fsp3) is 0.316. The third-order valence-corrected chi connectivity index (χ3v) is 2.71. The Morgan fingerprint density at radius 1 is 1.14 bits per heavy atom. The minimum Gasteiger partial charge on any atom is -0.298 e. The van der Waals surface area contributed by atoms with E-state index in [1.54, 1.807) is 12.2 Å². The van der Waals surface area contributed by atoms with E-state index in [0.29, 0.717) is 5.57 Å². The maximum absolute atomic E-state index is 8.22. The van der Waals surface area contributed by atoms with Crippen LogP contribution in [0.15, 0.2) is 60.7 Å². The average molecular weight is 282 g/mol. The van der Waals surface area contributed by atoms with Gasteiger partial charge in [0.25, 0.3) is 0 Å². The van der Waals surface area contributed by atoms with Crippen LogP contribution in [0.4, 0.5) is 0 Å². The second-order valence-electron chi connectivity index (χ2n) is 4.76. The number of fused-ring (bicyclic) bond motifs is 1. The van der Waals surface area contributed by atoms with Gasteiger partial charge in [-0.05, 0) is 31.2 Å². The molecule has 0 spiro atoms. The molecule has 1 aromatic rings. The molecular formula is C19H26N2. The van der Waals surface area contributed by atoms with E-state index in [0.717, 1.165) is 18.7 Å². The number of hydrogen-bond acceptors (Lipinski definition) is 2. The van der Waals surface area contributed by atoms with Crippen LogP contribution in [0.2, 0.25) is 0 Å². The van der Waals surface area contributed by atoms with Crippen LogP contribution < -0.4 is 0 Å². The van der Waals surface area contributed by atoms with Crippen LogP contribution in [0, 0.1) is 11.3 Å². The molecule has 0 N–H and O–H groups in total. The van der Waals surface area contributed by atoms with Gasteiger partial charge in [-0.1, -0.05) is 62.9 Å². The van der Waals surface area contributed by atoms with Gasteiger partial charge in [-0.2, -0.15) is 5.26 Å². The van der Waals surface area contributed by atoms with Crippen molar-refractivity contribution < 1.29 is 0 Å². The Balaban J connectivity index is 0.000000344. The second kappa shape index (κ2) is 10.7. The van der Waals surface area contributed by atoms with E-state index in [-0.39, 0.29) is 0 Å². The first-order chi connectivity index (χ1) is 10.0. The minimum atomic E-state index is 0.456. The van der Waals surface area contributed by atoms with Crippen molar-refractivity contribution in [1.29, 1.82) is 5.26 Å². The summed E-state index contributed by atoms with van der Waals surface area (Å²) in [5.74, 6) is 0. The maximum atomic E-state index is 8.22. The molecule has 112 valence electrons. The third-order valence-electron chi connectivity index (χ3n) is 2.71. The van der Waals surface area contributed by atoms with Crippen molar-refractivity contribution in [1.82, 2.24) is 4.90 Å². The molecule has 0 amide bonds. The molecule has 0 radical (unpaired) electrons. The lowest BCUT2D eigenvalue weighted by Crippen LogP contribution is -2.07. The van der Waals surface area contributed by atoms with E-state index in [1.165, 1.54) is 11.1 Å². The number of rotatable bonds is 2. The normalized spacial score (nSPS) is 12.3. The van der Waals surface area contributed by atoms with E-state index in [9.17, 15) is 0 Å². The lowest BCUT2D eigenvalue weighted by Gasteiger charge is -2.02. The largest absolute Gasteiger partial charge is 0.298 e. The van der Waals surface area contributed by atoms with E-state index in [1.807, 2.05) is 26.8 Å². The molecule has 21 heavy (non-hydrogen) atoms. The van der Waals surface area contributed by atoms with Gasteiger partial charge in [0, 0.05) is 18.7 Å². The van der Waals surface area contributed by atoms with Crippen LogP contribution in [-0.2, 0) is 13.1 Å². The van der Waals surface area contributed by atoms with Crippen LogP contribution in [0.25, 0.3) is 0 Å². The summed E-state index contributed by atoms with van der Waals surface area (Å²) in [6.07, 6.45) is 3.40. The summed E-state index contributed by atoms with van der Waals surface area (Å²) in [5, 5.41) is 8.22. The predicted molar refractivity (Wildman–Crippen MR) is 91.7 cm³/mol. The topological polar surface area (TPSA) is 27.0 Å².